The van der Waals surface area contributed by atoms with Crippen molar-refractivity contribution < 1.29 is 0 Å². The van der Waals surface area contributed by atoms with E-state index >= 15 is 0 Å². The van der Waals surface area contributed by atoms with E-state index < -0.39 is 0 Å². The fraction of sp³-hybridized carbons (Fsp3) is 0.364. The second kappa shape index (κ2) is 3.51. The lowest BCUT2D eigenvalue weighted by molar-refractivity contribution is 0.695. The zero-order valence-corrected chi connectivity index (χ0v) is 9.84. The van der Waals surface area contributed by atoms with Gasteiger partial charge in [-0.05, 0) is 31.5 Å². The van der Waals surface area contributed by atoms with Gasteiger partial charge in [0.25, 0.3) is 0 Å². The fourth-order valence-corrected chi connectivity index (χ4v) is 2.05. The van der Waals surface area contributed by atoms with Gasteiger partial charge in [-0.1, -0.05) is 11.6 Å². The van der Waals surface area contributed by atoms with Crippen LogP contribution in [0.25, 0.3) is 11.0 Å². The third kappa shape index (κ3) is 1.52. The molecule has 2 aromatic rings. The molecule has 0 bridgehead atoms. The average molecular weight is 224 g/mol. The molecule has 3 nitrogen and oxygen atoms in total. The van der Waals surface area contributed by atoms with Gasteiger partial charge in [-0.2, -0.15) is 0 Å². The standard InChI is InChI=1S/C11H14ClN3/c1-6-8(12)4-5-9-10(6)15(3)11(14-9)7(2)13/h4-5,7H,13H2,1-3H3. The number of hydrogen-bond donors (Lipinski definition) is 1. The van der Waals surface area contributed by atoms with Crippen LogP contribution in [-0.4, -0.2) is 9.55 Å². The summed E-state index contributed by atoms with van der Waals surface area (Å²) in [6, 6.07) is 3.73. The normalized spacial score (nSPS) is 13.4. The minimum atomic E-state index is -0.0689. The van der Waals surface area contributed by atoms with Crippen molar-refractivity contribution in [3.63, 3.8) is 0 Å². The van der Waals surface area contributed by atoms with Gasteiger partial charge in [-0.15, -0.1) is 0 Å². The van der Waals surface area contributed by atoms with Gasteiger partial charge in [0.2, 0.25) is 0 Å². The first kappa shape index (κ1) is 10.5. The molecule has 0 spiro atoms. The number of hydrogen-bond acceptors (Lipinski definition) is 2. The molecule has 1 unspecified atom stereocenters. The van der Waals surface area contributed by atoms with Crippen LogP contribution in [0.1, 0.15) is 24.4 Å². The molecule has 0 aliphatic carbocycles. The van der Waals surface area contributed by atoms with Crippen LogP contribution in [-0.2, 0) is 7.05 Å². The van der Waals surface area contributed by atoms with Crippen molar-refractivity contribution >= 4 is 22.6 Å². The predicted octanol–water partition coefficient (Wildman–Crippen LogP) is 2.55. The summed E-state index contributed by atoms with van der Waals surface area (Å²) < 4.78 is 2.02. The first-order chi connectivity index (χ1) is 7.02. The number of aromatic nitrogens is 2. The highest BCUT2D eigenvalue weighted by Gasteiger charge is 2.13. The molecule has 2 N–H and O–H groups in total. The minimum Gasteiger partial charge on any atom is -0.330 e. The molecule has 4 heteroatoms. The number of imidazole rings is 1. The third-order valence-corrected chi connectivity index (χ3v) is 3.07. The molecule has 0 aliphatic heterocycles. The number of aryl methyl sites for hydroxylation is 2. The second-order valence-corrected chi connectivity index (χ2v) is 4.27. The molecule has 0 saturated heterocycles. The van der Waals surface area contributed by atoms with Gasteiger partial charge in [0, 0.05) is 12.1 Å². The van der Waals surface area contributed by atoms with Gasteiger partial charge in [0.15, 0.2) is 0 Å². The van der Waals surface area contributed by atoms with Crippen LogP contribution in [0.5, 0.6) is 0 Å². The Morgan fingerprint density at radius 2 is 2.13 bits per heavy atom. The van der Waals surface area contributed by atoms with Crippen molar-refractivity contribution in [3.8, 4) is 0 Å². The molecule has 1 aromatic carbocycles. The topological polar surface area (TPSA) is 43.8 Å². The molecule has 1 aromatic heterocycles. The van der Waals surface area contributed by atoms with Crippen molar-refractivity contribution in [2.75, 3.05) is 0 Å². The highest BCUT2D eigenvalue weighted by molar-refractivity contribution is 6.32. The minimum absolute atomic E-state index is 0.0689. The van der Waals surface area contributed by atoms with Gasteiger partial charge >= 0.3 is 0 Å². The summed E-state index contributed by atoms with van der Waals surface area (Å²) in [5, 5.41) is 0.765. The maximum absolute atomic E-state index is 6.08. The van der Waals surface area contributed by atoms with Crippen LogP contribution < -0.4 is 5.73 Å². The van der Waals surface area contributed by atoms with Crippen molar-refractivity contribution in [1.29, 1.82) is 0 Å². The summed E-state index contributed by atoms with van der Waals surface area (Å²) in [7, 11) is 1.97. The van der Waals surface area contributed by atoms with Crippen LogP contribution in [0.4, 0.5) is 0 Å². The molecular weight excluding hydrogens is 210 g/mol. The Hall–Kier alpha value is -1.06. The molecule has 0 fully saturated rings. The zero-order valence-electron chi connectivity index (χ0n) is 9.08. The monoisotopic (exact) mass is 223 g/mol. The van der Waals surface area contributed by atoms with E-state index in [0.29, 0.717) is 0 Å². The highest BCUT2D eigenvalue weighted by atomic mass is 35.5. The van der Waals surface area contributed by atoms with Gasteiger partial charge < -0.3 is 10.3 Å². The van der Waals surface area contributed by atoms with Crippen LogP contribution in [0, 0.1) is 6.92 Å². The van der Waals surface area contributed by atoms with Gasteiger partial charge in [-0.3, -0.25) is 0 Å². The van der Waals surface area contributed by atoms with Crippen molar-refractivity contribution in [2.45, 2.75) is 19.9 Å². The Balaban J connectivity index is 2.83. The maximum atomic E-state index is 6.08. The summed E-state index contributed by atoms with van der Waals surface area (Å²) in [6.07, 6.45) is 0. The number of halogens is 1. The molecule has 1 heterocycles. The number of fused-ring (bicyclic) bond motifs is 1. The Labute approximate surface area is 93.9 Å². The fourth-order valence-electron chi connectivity index (χ4n) is 1.90. The molecule has 2 rings (SSSR count). The van der Waals surface area contributed by atoms with E-state index in [1.807, 2.05) is 37.6 Å². The van der Waals surface area contributed by atoms with Crippen molar-refractivity contribution in [1.82, 2.24) is 9.55 Å². The van der Waals surface area contributed by atoms with Crippen LogP contribution >= 0.6 is 11.6 Å². The zero-order chi connectivity index (χ0) is 11.2. The van der Waals surface area contributed by atoms with Crippen LogP contribution in [0.3, 0.4) is 0 Å². The lowest BCUT2D eigenvalue weighted by atomic mass is 10.2. The third-order valence-electron chi connectivity index (χ3n) is 2.66. The van der Waals surface area contributed by atoms with E-state index in [1.54, 1.807) is 0 Å². The van der Waals surface area contributed by atoms with E-state index in [4.69, 9.17) is 17.3 Å². The molecule has 15 heavy (non-hydrogen) atoms. The number of nitrogens with two attached hydrogens (primary N) is 1. The van der Waals surface area contributed by atoms with E-state index in [0.717, 1.165) is 27.4 Å². The first-order valence-corrected chi connectivity index (χ1v) is 5.27. The Kier molecular flexibility index (Phi) is 2.44. The molecule has 0 saturated carbocycles. The molecule has 0 aliphatic rings. The van der Waals surface area contributed by atoms with E-state index in [2.05, 4.69) is 4.98 Å². The van der Waals surface area contributed by atoms with Gasteiger partial charge in [0.05, 0.1) is 17.1 Å². The predicted molar refractivity (Wildman–Crippen MR) is 63.1 cm³/mol. The van der Waals surface area contributed by atoms with Crippen molar-refractivity contribution in [3.05, 3.63) is 28.5 Å². The Morgan fingerprint density at radius 3 is 2.73 bits per heavy atom. The summed E-state index contributed by atoms with van der Waals surface area (Å²) in [5.41, 5.74) is 8.92. The maximum Gasteiger partial charge on any atom is 0.126 e. The summed E-state index contributed by atoms with van der Waals surface area (Å²) >= 11 is 6.08. The van der Waals surface area contributed by atoms with Gasteiger partial charge in [0.1, 0.15) is 5.82 Å². The van der Waals surface area contributed by atoms with Gasteiger partial charge in [-0.25, -0.2) is 4.98 Å². The number of rotatable bonds is 1. The van der Waals surface area contributed by atoms with E-state index in [-0.39, 0.29) is 6.04 Å². The quantitative estimate of drug-likeness (QED) is 0.808. The SMILES string of the molecule is Cc1c(Cl)ccc2nc(C(C)N)n(C)c12. The summed E-state index contributed by atoms with van der Waals surface area (Å²) in [4.78, 5) is 4.49. The summed E-state index contributed by atoms with van der Waals surface area (Å²) in [6.45, 7) is 3.93. The second-order valence-electron chi connectivity index (χ2n) is 3.86. The number of benzene rings is 1. The molecule has 1 atom stereocenters. The van der Waals surface area contributed by atoms with Crippen LogP contribution in [0.15, 0.2) is 12.1 Å². The average Bonchev–Trinajstić information content (AvgIpc) is 2.50. The molecule has 0 amide bonds. The smallest absolute Gasteiger partial charge is 0.126 e. The largest absolute Gasteiger partial charge is 0.330 e. The summed E-state index contributed by atoms with van der Waals surface area (Å²) in [5.74, 6) is 0.885. The molecule has 80 valence electrons. The lowest BCUT2D eigenvalue weighted by Gasteiger charge is -2.06. The Morgan fingerprint density at radius 1 is 1.47 bits per heavy atom. The molecule has 0 radical (unpaired) electrons. The Bertz CT molecular complexity index is 514. The van der Waals surface area contributed by atoms with Crippen LogP contribution in [0.2, 0.25) is 5.02 Å². The van der Waals surface area contributed by atoms with E-state index in [9.17, 15) is 0 Å². The first-order valence-electron chi connectivity index (χ1n) is 4.89. The molecular formula is C11H14ClN3. The number of nitrogens with zero attached hydrogens (tertiary/aromatic N) is 2. The highest BCUT2D eigenvalue weighted by Crippen LogP contribution is 2.26. The van der Waals surface area contributed by atoms with Crippen molar-refractivity contribution in [2.24, 2.45) is 12.8 Å². The van der Waals surface area contributed by atoms with E-state index in [1.165, 1.54) is 0 Å². The lowest BCUT2D eigenvalue weighted by Crippen LogP contribution is -2.11.